The van der Waals surface area contributed by atoms with Gasteiger partial charge in [-0.05, 0) is 30.4 Å². The summed E-state index contributed by atoms with van der Waals surface area (Å²) in [6, 6.07) is 0. The minimum Gasteiger partial charge on any atom is -0.0651 e. The van der Waals surface area contributed by atoms with Crippen molar-refractivity contribution in [2.24, 2.45) is 5.92 Å². The summed E-state index contributed by atoms with van der Waals surface area (Å²) < 4.78 is 0. The highest BCUT2D eigenvalue weighted by molar-refractivity contribution is 5.43. The molecule has 0 aromatic rings. The highest BCUT2D eigenvalue weighted by Crippen LogP contribution is 2.25. The van der Waals surface area contributed by atoms with Crippen molar-refractivity contribution in [3.63, 3.8) is 0 Å². The quantitative estimate of drug-likeness (QED) is 0.558. The van der Waals surface area contributed by atoms with Crippen molar-refractivity contribution in [2.75, 3.05) is 0 Å². The molecule has 0 radical (unpaired) electrons. The van der Waals surface area contributed by atoms with E-state index < -0.39 is 0 Å². The fraction of sp³-hybridized carbons (Fsp3) is 0.600. The molecule has 1 atom stereocenters. The predicted molar refractivity (Wildman–Crippen MR) is 45.9 cm³/mol. The molecule has 10 heavy (non-hydrogen) atoms. The third-order valence-corrected chi connectivity index (χ3v) is 2.31. The summed E-state index contributed by atoms with van der Waals surface area (Å²) in [4.78, 5) is 0. The summed E-state index contributed by atoms with van der Waals surface area (Å²) in [5.74, 6) is 0.856. The Labute approximate surface area is 63.6 Å². The normalized spacial score (nSPS) is 19.1. The van der Waals surface area contributed by atoms with Crippen LogP contribution in [0.15, 0.2) is 23.3 Å². The molecule has 0 heterocycles. The van der Waals surface area contributed by atoms with Crippen molar-refractivity contribution in [3.05, 3.63) is 23.3 Å². The molecule has 1 aliphatic rings. The first kappa shape index (κ1) is 7.59. The van der Waals surface area contributed by atoms with Crippen LogP contribution in [0.4, 0.5) is 0 Å². The lowest BCUT2D eigenvalue weighted by Gasteiger charge is -2.16. The van der Waals surface area contributed by atoms with Crippen LogP contribution in [-0.2, 0) is 0 Å². The van der Waals surface area contributed by atoms with Crippen LogP contribution in [0.1, 0.15) is 33.6 Å². The first-order valence-electron chi connectivity index (χ1n) is 4.12. The summed E-state index contributed by atoms with van der Waals surface area (Å²) in [6.07, 6.45) is 7.00. The largest absolute Gasteiger partial charge is 0.0651 e. The third-order valence-electron chi connectivity index (χ3n) is 2.31. The molecule has 0 aromatic carbocycles. The van der Waals surface area contributed by atoms with Gasteiger partial charge in [0.2, 0.25) is 0 Å². The van der Waals surface area contributed by atoms with Crippen molar-refractivity contribution >= 4 is 0 Å². The van der Waals surface area contributed by atoms with Crippen molar-refractivity contribution in [3.8, 4) is 0 Å². The van der Waals surface area contributed by atoms with E-state index in [0.29, 0.717) is 0 Å². The molecule has 1 rings (SSSR count). The Balaban J connectivity index is 2.33. The van der Waals surface area contributed by atoms with E-state index >= 15 is 0 Å². The molecule has 1 unspecified atom stereocenters. The summed E-state index contributed by atoms with van der Waals surface area (Å²) >= 11 is 0. The standard InChI is InChI=1S/C10H16/c1-4-8(2)7-10-6-5-9(10)3/h5-6,8H,4,7H2,1-3H3. The third kappa shape index (κ3) is 1.50. The molecule has 0 saturated carbocycles. The highest BCUT2D eigenvalue weighted by atomic mass is 14.1. The topological polar surface area (TPSA) is 0 Å². The smallest absolute Gasteiger partial charge is 0.0250 e. The van der Waals surface area contributed by atoms with Gasteiger partial charge in [0.1, 0.15) is 0 Å². The Morgan fingerprint density at radius 1 is 1.40 bits per heavy atom. The molecule has 0 nitrogen and oxygen atoms in total. The summed E-state index contributed by atoms with van der Waals surface area (Å²) in [6.45, 7) is 6.76. The zero-order valence-electron chi connectivity index (χ0n) is 7.15. The first-order valence-corrected chi connectivity index (χ1v) is 4.12. The van der Waals surface area contributed by atoms with Gasteiger partial charge in [-0.1, -0.05) is 32.4 Å². The average Bonchev–Trinajstić information content (AvgIpc) is 1.96. The van der Waals surface area contributed by atoms with Crippen LogP contribution >= 0.6 is 0 Å². The van der Waals surface area contributed by atoms with E-state index in [-0.39, 0.29) is 0 Å². The van der Waals surface area contributed by atoms with Gasteiger partial charge in [-0.15, -0.1) is 0 Å². The Bertz CT molecular complexity index is 172. The first-order chi connectivity index (χ1) is 4.74. The lowest BCUT2D eigenvalue weighted by molar-refractivity contribution is 0.559. The van der Waals surface area contributed by atoms with Gasteiger partial charge in [-0.3, -0.25) is 0 Å². The van der Waals surface area contributed by atoms with E-state index in [9.17, 15) is 0 Å². The predicted octanol–water partition coefficient (Wildman–Crippen LogP) is 3.31. The van der Waals surface area contributed by atoms with Gasteiger partial charge in [-0.2, -0.15) is 0 Å². The van der Waals surface area contributed by atoms with E-state index in [0.717, 1.165) is 5.92 Å². The fourth-order valence-electron chi connectivity index (χ4n) is 1.12. The van der Waals surface area contributed by atoms with Crippen LogP contribution in [-0.4, -0.2) is 0 Å². The zero-order valence-corrected chi connectivity index (χ0v) is 7.15. The minimum absolute atomic E-state index is 0.856. The SMILES string of the molecule is CCC(C)CC1=C(C)C=C1. The maximum Gasteiger partial charge on any atom is -0.0250 e. The molecule has 0 heteroatoms. The number of hydrogen-bond acceptors (Lipinski definition) is 0. The maximum absolute atomic E-state index is 2.31. The van der Waals surface area contributed by atoms with Gasteiger partial charge in [0.15, 0.2) is 0 Å². The fourth-order valence-corrected chi connectivity index (χ4v) is 1.12. The minimum atomic E-state index is 0.856. The number of hydrogen-bond donors (Lipinski definition) is 0. The second kappa shape index (κ2) is 3.05. The second-order valence-corrected chi connectivity index (χ2v) is 3.26. The van der Waals surface area contributed by atoms with E-state index in [1.807, 2.05) is 0 Å². The van der Waals surface area contributed by atoms with Gasteiger partial charge in [-0.25, -0.2) is 0 Å². The molecule has 56 valence electrons. The van der Waals surface area contributed by atoms with Crippen LogP contribution < -0.4 is 0 Å². The number of allylic oxidation sites excluding steroid dienone is 4. The molecular weight excluding hydrogens is 120 g/mol. The van der Waals surface area contributed by atoms with Crippen LogP contribution in [0, 0.1) is 5.92 Å². The monoisotopic (exact) mass is 136 g/mol. The molecule has 0 aromatic heterocycles. The van der Waals surface area contributed by atoms with E-state index in [1.165, 1.54) is 18.4 Å². The second-order valence-electron chi connectivity index (χ2n) is 3.26. The molecule has 0 saturated heterocycles. The lowest BCUT2D eigenvalue weighted by Crippen LogP contribution is -1.99. The van der Waals surface area contributed by atoms with Gasteiger partial charge in [0.25, 0.3) is 0 Å². The molecule has 0 fully saturated rings. The molecular formula is C10H16. The highest BCUT2D eigenvalue weighted by Gasteiger charge is 2.07. The van der Waals surface area contributed by atoms with Gasteiger partial charge >= 0.3 is 0 Å². The molecule has 0 spiro atoms. The Morgan fingerprint density at radius 2 is 2.10 bits per heavy atom. The zero-order chi connectivity index (χ0) is 7.56. The van der Waals surface area contributed by atoms with Gasteiger partial charge < -0.3 is 0 Å². The van der Waals surface area contributed by atoms with E-state index in [1.54, 1.807) is 5.57 Å². The summed E-state index contributed by atoms with van der Waals surface area (Å²) in [5, 5.41) is 0. The molecule has 0 amide bonds. The average molecular weight is 136 g/mol. The van der Waals surface area contributed by atoms with Crippen LogP contribution in [0.3, 0.4) is 0 Å². The van der Waals surface area contributed by atoms with Crippen molar-refractivity contribution in [1.29, 1.82) is 0 Å². The Morgan fingerprint density at radius 3 is 2.40 bits per heavy atom. The molecule has 0 bridgehead atoms. The van der Waals surface area contributed by atoms with Crippen LogP contribution in [0.5, 0.6) is 0 Å². The Hall–Kier alpha value is -0.520. The van der Waals surface area contributed by atoms with Crippen molar-refractivity contribution in [2.45, 2.75) is 33.6 Å². The molecule has 0 N–H and O–H groups in total. The maximum atomic E-state index is 2.31. The van der Waals surface area contributed by atoms with Crippen LogP contribution in [0.25, 0.3) is 0 Å². The molecule has 1 aliphatic carbocycles. The van der Waals surface area contributed by atoms with Gasteiger partial charge in [0.05, 0.1) is 0 Å². The van der Waals surface area contributed by atoms with Crippen LogP contribution in [0.2, 0.25) is 0 Å². The summed E-state index contributed by atoms with van der Waals surface area (Å²) in [7, 11) is 0. The van der Waals surface area contributed by atoms with E-state index in [4.69, 9.17) is 0 Å². The van der Waals surface area contributed by atoms with Crippen molar-refractivity contribution in [1.82, 2.24) is 0 Å². The summed E-state index contributed by atoms with van der Waals surface area (Å²) in [5.41, 5.74) is 3.05. The van der Waals surface area contributed by atoms with Crippen molar-refractivity contribution < 1.29 is 0 Å². The Kier molecular flexibility index (Phi) is 2.31. The lowest BCUT2D eigenvalue weighted by atomic mass is 9.90. The number of rotatable bonds is 3. The van der Waals surface area contributed by atoms with E-state index in [2.05, 4.69) is 32.9 Å². The van der Waals surface area contributed by atoms with Gasteiger partial charge in [0, 0.05) is 0 Å². The molecule has 0 aliphatic heterocycles.